The molecule has 0 saturated carbocycles. The molecule has 0 aliphatic rings. The third-order valence-corrected chi connectivity index (χ3v) is 6.10. The van der Waals surface area contributed by atoms with Gasteiger partial charge in [0.1, 0.15) is 35.4 Å². The molecule has 10 heteroatoms. The summed E-state index contributed by atoms with van der Waals surface area (Å²) in [5.41, 5.74) is 1.84. The van der Waals surface area contributed by atoms with E-state index in [-0.39, 0.29) is 18.4 Å². The Morgan fingerprint density at radius 2 is 1.60 bits per heavy atom. The molecule has 10 nitrogen and oxygen atoms in total. The van der Waals surface area contributed by atoms with Gasteiger partial charge in [-0.2, -0.15) is 0 Å². The van der Waals surface area contributed by atoms with Crippen LogP contribution in [0.3, 0.4) is 0 Å². The number of nitrogens with zero attached hydrogens (tertiary/aromatic N) is 4. The summed E-state index contributed by atoms with van der Waals surface area (Å²) in [6.07, 6.45) is 0. The van der Waals surface area contributed by atoms with Crippen molar-refractivity contribution in [3.05, 3.63) is 72.3 Å². The predicted molar refractivity (Wildman–Crippen MR) is 153 cm³/mol. The summed E-state index contributed by atoms with van der Waals surface area (Å²) < 4.78 is 18.1. The van der Waals surface area contributed by atoms with Crippen LogP contribution in [0.25, 0.3) is 11.0 Å². The van der Waals surface area contributed by atoms with Gasteiger partial charge in [0.05, 0.1) is 32.0 Å². The van der Waals surface area contributed by atoms with Crippen LogP contribution in [0, 0.1) is 0 Å². The van der Waals surface area contributed by atoms with E-state index in [2.05, 4.69) is 15.6 Å². The molecular formula is C30H35N5O5. The molecule has 1 heterocycles. The Bertz CT molecular complexity index is 1450. The molecule has 1 aromatic heterocycles. The number of anilines is 1. The molecule has 0 aliphatic carbocycles. The summed E-state index contributed by atoms with van der Waals surface area (Å²) in [6.45, 7) is 7.93. The zero-order valence-corrected chi connectivity index (χ0v) is 23.7. The van der Waals surface area contributed by atoms with Crippen molar-refractivity contribution in [3.63, 3.8) is 0 Å². The predicted octanol–water partition coefficient (Wildman–Crippen LogP) is 4.54. The number of hydrogen-bond acceptors (Lipinski definition) is 7. The molecule has 0 bridgehead atoms. The lowest BCUT2D eigenvalue weighted by molar-refractivity contribution is -0.128. The van der Waals surface area contributed by atoms with Gasteiger partial charge in [0.25, 0.3) is 0 Å². The van der Waals surface area contributed by atoms with E-state index in [0.29, 0.717) is 46.1 Å². The van der Waals surface area contributed by atoms with Crippen LogP contribution in [0.2, 0.25) is 0 Å². The van der Waals surface area contributed by atoms with E-state index in [1.807, 2.05) is 52.0 Å². The summed E-state index contributed by atoms with van der Waals surface area (Å²) in [5.74, 6) is 0.875. The Balaban J connectivity index is 1.87. The maximum Gasteiger partial charge on any atom is 0.249 e. The average Bonchev–Trinajstić information content (AvgIpc) is 3.33. The van der Waals surface area contributed by atoms with E-state index in [0.717, 1.165) is 0 Å². The standard InChI is InChI=1S/C30H35N5O5/c1-7-40-22-14-12-20(13-15-22)28(29(37)31-30(2,3)4)35(21-16-23(38-5)18-24(17-21)39-6)27(36)19-34-26-11-9-8-10-25(26)32-33-34/h8-18,28H,7,19H2,1-6H3,(H,31,37)/t28-/m0/s1. The first-order chi connectivity index (χ1) is 19.1. The lowest BCUT2D eigenvalue weighted by Gasteiger charge is -2.34. The number of para-hydroxylation sites is 1. The number of methoxy groups -OCH3 is 2. The first-order valence-corrected chi connectivity index (χ1v) is 13.0. The number of nitrogens with one attached hydrogen (secondary N) is 1. The number of ether oxygens (including phenoxy) is 3. The van der Waals surface area contributed by atoms with Crippen molar-refractivity contribution in [3.8, 4) is 17.2 Å². The molecule has 0 fully saturated rings. The second-order valence-electron chi connectivity index (χ2n) is 10.2. The summed E-state index contributed by atoms with van der Waals surface area (Å²) in [6, 6.07) is 18.6. The van der Waals surface area contributed by atoms with E-state index in [1.165, 1.54) is 23.8 Å². The third-order valence-electron chi connectivity index (χ3n) is 6.10. The molecule has 3 aromatic carbocycles. The number of carbonyl (C=O) groups excluding carboxylic acids is 2. The van der Waals surface area contributed by atoms with Crippen LogP contribution in [-0.4, -0.2) is 53.2 Å². The van der Waals surface area contributed by atoms with Crippen LogP contribution in [0.4, 0.5) is 5.69 Å². The Kier molecular flexibility index (Phi) is 8.57. The fraction of sp³-hybridized carbons (Fsp3) is 0.333. The Labute approximate surface area is 233 Å². The first-order valence-electron chi connectivity index (χ1n) is 13.0. The van der Waals surface area contributed by atoms with Crippen LogP contribution in [0.15, 0.2) is 66.7 Å². The van der Waals surface area contributed by atoms with Gasteiger partial charge in [-0.15, -0.1) is 5.10 Å². The van der Waals surface area contributed by atoms with Gasteiger partial charge in [-0.3, -0.25) is 14.5 Å². The van der Waals surface area contributed by atoms with Gasteiger partial charge in [-0.25, -0.2) is 4.68 Å². The van der Waals surface area contributed by atoms with Crippen molar-refractivity contribution in [2.75, 3.05) is 25.7 Å². The van der Waals surface area contributed by atoms with Gasteiger partial charge in [0.15, 0.2) is 0 Å². The largest absolute Gasteiger partial charge is 0.497 e. The Morgan fingerprint density at radius 3 is 2.20 bits per heavy atom. The van der Waals surface area contributed by atoms with Gasteiger partial charge in [0.2, 0.25) is 11.8 Å². The highest BCUT2D eigenvalue weighted by atomic mass is 16.5. The lowest BCUT2D eigenvalue weighted by Crippen LogP contribution is -2.50. The molecule has 0 radical (unpaired) electrons. The first kappa shape index (κ1) is 28.4. The summed E-state index contributed by atoms with van der Waals surface area (Å²) in [4.78, 5) is 29.7. The second kappa shape index (κ2) is 12.1. The van der Waals surface area contributed by atoms with Crippen LogP contribution in [0.1, 0.15) is 39.3 Å². The normalized spacial score (nSPS) is 12.1. The third kappa shape index (κ3) is 6.51. The SMILES string of the molecule is CCOc1ccc([C@@H](C(=O)NC(C)(C)C)N(C(=O)Cn2nnc3ccccc32)c2cc(OC)cc(OC)c2)cc1. The zero-order valence-electron chi connectivity index (χ0n) is 23.7. The van der Waals surface area contributed by atoms with Crippen molar-refractivity contribution in [1.82, 2.24) is 20.3 Å². The number of benzene rings is 3. The van der Waals surface area contributed by atoms with E-state index in [4.69, 9.17) is 14.2 Å². The van der Waals surface area contributed by atoms with Gasteiger partial charge in [0, 0.05) is 23.7 Å². The number of fused-ring (bicyclic) bond motifs is 1. The Hall–Kier alpha value is -4.60. The summed E-state index contributed by atoms with van der Waals surface area (Å²) in [7, 11) is 3.06. The summed E-state index contributed by atoms with van der Waals surface area (Å²) in [5, 5.41) is 11.4. The molecule has 4 aromatic rings. The summed E-state index contributed by atoms with van der Waals surface area (Å²) >= 11 is 0. The number of hydrogen-bond donors (Lipinski definition) is 1. The molecule has 0 unspecified atom stereocenters. The van der Waals surface area contributed by atoms with Crippen molar-refractivity contribution < 1.29 is 23.8 Å². The molecule has 0 aliphatic heterocycles. The van der Waals surface area contributed by atoms with E-state index in [9.17, 15) is 9.59 Å². The highest BCUT2D eigenvalue weighted by molar-refractivity contribution is 6.02. The van der Waals surface area contributed by atoms with Gasteiger partial charge in [-0.1, -0.05) is 29.5 Å². The van der Waals surface area contributed by atoms with E-state index >= 15 is 0 Å². The molecule has 4 rings (SSSR count). The fourth-order valence-corrected chi connectivity index (χ4v) is 4.38. The number of amides is 2. The maximum atomic E-state index is 14.3. The van der Waals surface area contributed by atoms with Crippen molar-refractivity contribution in [1.29, 1.82) is 0 Å². The molecule has 40 heavy (non-hydrogen) atoms. The average molecular weight is 546 g/mol. The van der Waals surface area contributed by atoms with Crippen LogP contribution in [-0.2, 0) is 16.1 Å². The quantitative estimate of drug-likeness (QED) is 0.312. The van der Waals surface area contributed by atoms with Crippen LogP contribution in [0.5, 0.6) is 17.2 Å². The zero-order chi connectivity index (χ0) is 28.9. The highest BCUT2D eigenvalue weighted by Crippen LogP contribution is 2.35. The maximum absolute atomic E-state index is 14.3. The highest BCUT2D eigenvalue weighted by Gasteiger charge is 2.35. The minimum Gasteiger partial charge on any atom is -0.497 e. The molecule has 210 valence electrons. The van der Waals surface area contributed by atoms with Crippen molar-refractivity contribution in [2.45, 2.75) is 45.8 Å². The monoisotopic (exact) mass is 545 g/mol. The van der Waals surface area contributed by atoms with Crippen molar-refractivity contribution >= 4 is 28.5 Å². The van der Waals surface area contributed by atoms with Gasteiger partial charge < -0.3 is 19.5 Å². The van der Waals surface area contributed by atoms with Crippen LogP contribution < -0.4 is 24.4 Å². The molecule has 1 N–H and O–H groups in total. The molecule has 2 amide bonds. The number of carbonyl (C=O) groups is 2. The number of aromatic nitrogens is 3. The van der Waals surface area contributed by atoms with E-state index < -0.39 is 11.6 Å². The molecule has 0 saturated heterocycles. The van der Waals surface area contributed by atoms with Crippen LogP contribution >= 0.6 is 0 Å². The Morgan fingerprint density at radius 1 is 0.950 bits per heavy atom. The minimum atomic E-state index is -1.03. The van der Waals surface area contributed by atoms with Gasteiger partial charge in [-0.05, 0) is 57.5 Å². The van der Waals surface area contributed by atoms with Gasteiger partial charge >= 0.3 is 0 Å². The second-order valence-corrected chi connectivity index (χ2v) is 10.2. The smallest absolute Gasteiger partial charge is 0.249 e. The molecular weight excluding hydrogens is 510 g/mol. The topological polar surface area (TPSA) is 108 Å². The lowest BCUT2D eigenvalue weighted by atomic mass is 10.0. The molecule has 1 atom stereocenters. The number of rotatable bonds is 10. The van der Waals surface area contributed by atoms with E-state index in [1.54, 1.807) is 42.5 Å². The van der Waals surface area contributed by atoms with Crippen molar-refractivity contribution in [2.24, 2.45) is 0 Å². The minimum absolute atomic E-state index is 0.156. The molecule has 0 spiro atoms. The fourth-order valence-electron chi connectivity index (χ4n) is 4.38.